The van der Waals surface area contributed by atoms with Gasteiger partial charge in [-0.25, -0.2) is 23.3 Å². The number of imidazole rings is 1. The fourth-order valence-electron chi connectivity index (χ4n) is 4.17. The molecule has 1 saturated carbocycles. The van der Waals surface area contributed by atoms with Crippen LogP contribution >= 0.6 is 0 Å². The molecule has 1 fully saturated rings. The Morgan fingerprint density at radius 2 is 2.17 bits per heavy atom. The number of hydrogen-bond acceptors (Lipinski definition) is 4. The minimum Gasteiger partial charge on any atom is -0.317 e. The molecule has 3 aromatic heterocycles. The quantitative estimate of drug-likeness (QED) is 0.483. The summed E-state index contributed by atoms with van der Waals surface area (Å²) in [5.41, 5.74) is 2.96. The number of alkyl halides is 2. The van der Waals surface area contributed by atoms with Crippen molar-refractivity contribution in [2.24, 2.45) is 0 Å². The number of hydrogen-bond donors (Lipinski definition) is 0. The van der Waals surface area contributed by atoms with E-state index in [0.717, 1.165) is 5.69 Å². The van der Waals surface area contributed by atoms with Gasteiger partial charge in [-0.3, -0.25) is 4.98 Å². The number of fused-ring (bicyclic) bond motifs is 3. The predicted octanol–water partition coefficient (Wildman–Crippen LogP) is 4.44. The molecule has 0 N–H and O–H groups in total. The Labute approximate surface area is 164 Å². The van der Waals surface area contributed by atoms with Gasteiger partial charge < -0.3 is 4.57 Å². The van der Waals surface area contributed by atoms with E-state index in [0.29, 0.717) is 46.3 Å². The van der Waals surface area contributed by atoms with Gasteiger partial charge in [0.05, 0.1) is 35.5 Å². The van der Waals surface area contributed by atoms with Gasteiger partial charge >= 0.3 is 0 Å². The Kier molecular flexibility index (Phi) is 3.84. The highest BCUT2D eigenvalue weighted by molar-refractivity contribution is 6.03. The van der Waals surface area contributed by atoms with E-state index in [1.165, 1.54) is 0 Å². The van der Waals surface area contributed by atoms with E-state index in [4.69, 9.17) is 6.57 Å². The molecule has 7 nitrogen and oxygen atoms in total. The van der Waals surface area contributed by atoms with E-state index in [9.17, 15) is 8.78 Å². The smallest absolute Gasteiger partial charge is 0.268 e. The van der Waals surface area contributed by atoms with Crippen LogP contribution < -0.4 is 0 Å². The Hall–Kier alpha value is -3.41. The van der Waals surface area contributed by atoms with E-state index in [1.807, 2.05) is 6.92 Å². The molecule has 1 aromatic carbocycles. The predicted molar refractivity (Wildman–Crippen MR) is 103 cm³/mol. The van der Waals surface area contributed by atoms with Crippen LogP contribution in [0.5, 0.6) is 0 Å². The van der Waals surface area contributed by atoms with Gasteiger partial charge in [0.15, 0.2) is 5.69 Å². The first-order valence-corrected chi connectivity index (χ1v) is 9.38. The van der Waals surface area contributed by atoms with Crippen molar-refractivity contribution in [2.45, 2.75) is 44.7 Å². The lowest BCUT2D eigenvalue weighted by molar-refractivity contribution is -0.0302. The lowest BCUT2D eigenvalue weighted by Crippen LogP contribution is -2.27. The first-order chi connectivity index (χ1) is 14.0. The van der Waals surface area contributed by atoms with Crippen molar-refractivity contribution in [1.82, 2.24) is 29.5 Å². The summed E-state index contributed by atoms with van der Waals surface area (Å²) in [5.74, 6) is -2.34. The SMILES string of the molecule is [C-]#[N+]c1ccc2ncc3nc(Cn4cc(C)nn4)n(C4CCCC4(F)F)c3c2c1. The fraction of sp³-hybridized carbons (Fsp3) is 0.350. The van der Waals surface area contributed by atoms with Crippen LogP contribution in [0.3, 0.4) is 0 Å². The van der Waals surface area contributed by atoms with Gasteiger partial charge in [0.2, 0.25) is 0 Å². The molecule has 9 heteroatoms. The van der Waals surface area contributed by atoms with Gasteiger partial charge in [-0.1, -0.05) is 11.3 Å². The molecule has 0 bridgehead atoms. The summed E-state index contributed by atoms with van der Waals surface area (Å²) in [4.78, 5) is 12.5. The maximum absolute atomic E-state index is 14.8. The summed E-state index contributed by atoms with van der Waals surface area (Å²) in [6, 6.07) is 4.13. The Bertz CT molecular complexity index is 1280. The van der Waals surface area contributed by atoms with Gasteiger partial charge in [0.1, 0.15) is 17.9 Å². The highest BCUT2D eigenvalue weighted by atomic mass is 19.3. The molecular formula is C20H17F2N7. The van der Waals surface area contributed by atoms with Crippen LogP contribution in [0.15, 0.2) is 30.6 Å². The molecule has 0 saturated heterocycles. The summed E-state index contributed by atoms with van der Waals surface area (Å²) in [6.45, 7) is 9.36. The second kappa shape index (κ2) is 6.30. The summed E-state index contributed by atoms with van der Waals surface area (Å²) < 4.78 is 32.9. The molecule has 1 aliphatic carbocycles. The molecule has 1 aliphatic rings. The van der Waals surface area contributed by atoms with E-state index in [1.54, 1.807) is 39.8 Å². The number of halogens is 2. The minimum atomic E-state index is -2.83. The van der Waals surface area contributed by atoms with Crippen molar-refractivity contribution >= 4 is 27.6 Å². The largest absolute Gasteiger partial charge is 0.317 e. The average molecular weight is 393 g/mol. The van der Waals surface area contributed by atoms with Crippen molar-refractivity contribution in [2.75, 3.05) is 0 Å². The van der Waals surface area contributed by atoms with Crippen LogP contribution in [0.25, 0.3) is 26.8 Å². The lowest BCUT2D eigenvalue weighted by Gasteiger charge is -2.23. The number of aromatic nitrogens is 6. The second-order valence-electron chi connectivity index (χ2n) is 7.43. The van der Waals surface area contributed by atoms with Crippen molar-refractivity contribution in [3.63, 3.8) is 0 Å². The fourth-order valence-corrected chi connectivity index (χ4v) is 4.17. The summed E-state index contributed by atoms with van der Waals surface area (Å²) in [6.07, 6.45) is 4.04. The summed E-state index contributed by atoms with van der Waals surface area (Å²) in [5, 5.41) is 8.68. The molecule has 146 valence electrons. The van der Waals surface area contributed by atoms with Gasteiger partial charge in [0.25, 0.3) is 5.92 Å². The van der Waals surface area contributed by atoms with Crippen LogP contribution in [-0.2, 0) is 6.54 Å². The van der Waals surface area contributed by atoms with Crippen LogP contribution in [0.4, 0.5) is 14.5 Å². The Morgan fingerprint density at radius 3 is 2.86 bits per heavy atom. The monoisotopic (exact) mass is 393 g/mol. The maximum atomic E-state index is 14.8. The van der Waals surface area contributed by atoms with Crippen molar-refractivity contribution < 1.29 is 8.78 Å². The highest BCUT2D eigenvalue weighted by Crippen LogP contribution is 2.46. The van der Waals surface area contributed by atoms with Crippen molar-refractivity contribution in [3.8, 4) is 0 Å². The molecule has 3 heterocycles. The number of pyridine rings is 1. The molecule has 0 spiro atoms. The molecule has 0 amide bonds. The zero-order valence-electron chi connectivity index (χ0n) is 15.7. The van der Waals surface area contributed by atoms with E-state index >= 15 is 0 Å². The average Bonchev–Trinajstić information content (AvgIpc) is 3.37. The number of rotatable bonds is 3. The normalized spacial score (nSPS) is 18.5. The standard InChI is InChI=1S/C20H17F2N7/c1-12-10-28(27-26-12)11-18-25-16-9-24-15-6-5-13(23-2)8-14(15)19(16)29(18)17-4-3-7-20(17,21)22/h5-6,8-10,17H,3-4,7,11H2,1H3. The van der Waals surface area contributed by atoms with Crippen LogP contribution in [0.1, 0.15) is 36.8 Å². The minimum absolute atomic E-state index is 0.143. The van der Waals surface area contributed by atoms with Gasteiger partial charge in [-0.05, 0) is 31.9 Å². The first-order valence-electron chi connectivity index (χ1n) is 9.38. The Morgan fingerprint density at radius 1 is 1.31 bits per heavy atom. The molecule has 1 atom stereocenters. The van der Waals surface area contributed by atoms with Crippen molar-refractivity contribution in [3.05, 3.63) is 53.5 Å². The van der Waals surface area contributed by atoms with Gasteiger partial charge in [-0.15, -0.1) is 5.10 Å². The number of benzene rings is 1. The molecule has 5 rings (SSSR count). The van der Waals surface area contributed by atoms with Crippen LogP contribution in [0.2, 0.25) is 0 Å². The van der Waals surface area contributed by atoms with Crippen LogP contribution in [-0.4, -0.2) is 35.5 Å². The Balaban J connectivity index is 1.81. The third kappa shape index (κ3) is 2.83. The van der Waals surface area contributed by atoms with Gasteiger partial charge in [-0.2, -0.15) is 0 Å². The number of nitrogens with zero attached hydrogens (tertiary/aromatic N) is 7. The zero-order valence-corrected chi connectivity index (χ0v) is 15.7. The van der Waals surface area contributed by atoms with E-state index < -0.39 is 12.0 Å². The molecule has 0 aliphatic heterocycles. The van der Waals surface area contributed by atoms with Crippen molar-refractivity contribution in [1.29, 1.82) is 0 Å². The van der Waals surface area contributed by atoms with E-state index in [-0.39, 0.29) is 13.0 Å². The third-order valence-electron chi connectivity index (χ3n) is 5.44. The molecule has 0 radical (unpaired) electrons. The zero-order chi connectivity index (χ0) is 20.2. The van der Waals surface area contributed by atoms with Gasteiger partial charge in [0, 0.05) is 18.0 Å². The molecule has 29 heavy (non-hydrogen) atoms. The van der Waals surface area contributed by atoms with Crippen LogP contribution in [0, 0.1) is 13.5 Å². The highest BCUT2D eigenvalue weighted by Gasteiger charge is 2.46. The molecule has 4 aromatic rings. The lowest BCUT2D eigenvalue weighted by atomic mass is 10.1. The summed E-state index contributed by atoms with van der Waals surface area (Å²) in [7, 11) is 0. The molecule has 1 unspecified atom stereocenters. The van der Waals surface area contributed by atoms with E-state index in [2.05, 4.69) is 25.1 Å². The summed E-state index contributed by atoms with van der Waals surface area (Å²) >= 11 is 0. The maximum Gasteiger partial charge on any atom is 0.268 e. The second-order valence-corrected chi connectivity index (χ2v) is 7.43. The first kappa shape index (κ1) is 17.7. The molecular weight excluding hydrogens is 376 g/mol. The number of aryl methyl sites for hydroxylation is 1. The topological polar surface area (TPSA) is 65.8 Å². The third-order valence-corrected chi connectivity index (χ3v) is 5.44.